The Balaban J connectivity index is 2.94. The van der Waals surface area contributed by atoms with Crippen LogP contribution in [-0.2, 0) is 30.4 Å². The average molecular weight is 409 g/mol. The Morgan fingerprint density at radius 3 is 1.97 bits per heavy atom. The molecule has 11 nitrogen and oxygen atoms in total. The van der Waals surface area contributed by atoms with Crippen LogP contribution in [0.4, 0.5) is 0 Å². The highest BCUT2D eigenvalue weighted by Gasteiger charge is 2.29. The van der Waals surface area contributed by atoms with Gasteiger partial charge in [0.25, 0.3) is 0 Å². The van der Waals surface area contributed by atoms with E-state index in [4.69, 9.17) is 15.9 Å². The van der Waals surface area contributed by atoms with E-state index in [1.165, 1.54) is 0 Å². The summed E-state index contributed by atoms with van der Waals surface area (Å²) >= 11 is 0. The van der Waals surface area contributed by atoms with Crippen LogP contribution >= 0.6 is 0 Å². The highest BCUT2D eigenvalue weighted by Crippen LogP contribution is 2.06. The molecule has 7 N–H and O–H groups in total. The highest BCUT2D eigenvalue weighted by atomic mass is 16.4. The number of carboxylic acid groups (broad SMARTS) is 3. The molecule has 3 unspecified atom stereocenters. The monoisotopic (exact) mass is 409 g/mol. The molecular weight excluding hydrogens is 386 g/mol. The molecule has 0 bridgehead atoms. The number of carbonyl (C=O) groups excluding carboxylic acids is 2. The van der Waals surface area contributed by atoms with Crippen molar-refractivity contribution in [3.63, 3.8) is 0 Å². The molecule has 0 aliphatic carbocycles. The van der Waals surface area contributed by atoms with E-state index in [2.05, 4.69) is 10.6 Å². The fourth-order valence-corrected chi connectivity index (χ4v) is 2.42. The first kappa shape index (κ1) is 23.6. The molecule has 3 atom stereocenters. The summed E-state index contributed by atoms with van der Waals surface area (Å²) < 4.78 is 0. The molecule has 0 radical (unpaired) electrons. The van der Waals surface area contributed by atoms with E-state index in [1.54, 1.807) is 30.3 Å². The van der Waals surface area contributed by atoms with Gasteiger partial charge in [-0.2, -0.15) is 0 Å². The average Bonchev–Trinajstić information content (AvgIpc) is 2.64. The quantitative estimate of drug-likeness (QED) is 0.249. The third-order valence-electron chi connectivity index (χ3n) is 3.91. The minimum Gasteiger partial charge on any atom is -0.481 e. The summed E-state index contributed by atoms with van der Waals surface area (Å²) in [5.41, 5.74) is 6.16. The molecular formula is C18H23N3O8. The molecule has 11 heteroatoms. The third-order valence-corrected chi connectivity index (χ3v) is 3.91. The molecule has 2 amide bonds. The first-order valence-corrected chi connectivity index (χ1v) is 8.66. The number of nitrogens with two attached hydrogens (primary N) is 1. The first-order valence-electron chi connectivity index (χ1n) is 8.66. The molecule has 0 aromatic heterocycles. The summed E-state index contributed by atoms with van der Waals surface area (Å²) in [7, 11) is 0. The van der Waals surface area contributed by atoms with Gasteiger partial charge in [-0.15, -0.1) is 0 Å². The molecule has 0 saturated carbocycles. The van der Waals surface area contributed by atoms with Crippen molar-refractivity contribution < 1.29 is 39.3 Å². The van der Waals surface area contributed by atoms with E-state index in [1.807, 2.05) is 0 Å². The van der Waals surface area contributed by atoms with Crippen molar-refractivity contribution in [3.05, 3.63) is 35.9 Å². The number of amides is 2. The van der Waals surface area contributed by atoms with Gasteiger partial charge in [0, 0.05) is 12.8 Å². The second-order valence-electron chi connectivity index (χ2n) is 6.29. The predicted octanol–water partition coefficient (Wildman–Crippen LogP) is -1.05. The molecule has 1 aromatic carbocycles. The number of hydrogen-bond donors (Lipinski definition) is 6. The molecule has 0 spiro atoms. The molecule has 0 heterocycles. The normalized spacial score (nSPS) is 13.6. The van der Waals surface area contributed by atoms with Crippen LogP contribution in [0.15, 0.2) is 30.3 Å². The van der Waals surface area contributed by atoms with Gasteiger partial charge in [-0.25, -0.2) is 4.79 Å². The molecule has 29 heavy (non-hydrogen) atoms. The summed E-state index contributed by atoms with van der Waals surface area (Å²) in [6.45, 7) is 0. The third kappa shape index (κ3) is 8.84. The summed E-state index contributed by atoms with van der Waals surface area (Å²) in [4.78, 5) is 57.4. The number of aliphatic carboxylic acids is 3. The van der Waals surface area contributed by atoms with Crippen LogP contribution in [0.5, 0.6) is 0 Å². The fourth-order valence-electron chi connectivity index (χ4n) is 2.42. The Morgan fingerprint density at radius 2 is 1.45 bits per heavy atom. The van der Waals surface area contributed by atoms with Gasteiger partial charge >= 0.3 is 17.9 Å². The smallest absolute Gasteiger partial charge is 0.326 e. The van der Waals surface area contributed by atoms with E-state index in [0.29, 0.717) is 5.56 Å². The van der Waals surface area contributed by atoms with Crippen molar-refractivity contribution in [2.75, 3.05) is 0 Å². The maximum atomic E-state index is 12.6. The largest absolute Gasteiger partial charge is 0.481 e. The van der Waals surface area contributed by atoms with Gasteiger partial charge in [0.05, 0.1) is 12.5 Å². The summed E-state index contributed by atoms with van der Waals surface area (Å²) in [5, 5.41) is 31.2. The lowest BCUT2D eigenvalue weighted by atomic mass is 10.0. The van der Waals surface area contributed by atoms with Crippen molar-refractivity contribution in [3.8, 4) is 0 Å². The van der Waals surface area contributed by atoms with Crippen molar-refractivity contribution in [1.29, 1.82) is 0 Å². The number of hydrogen-bond acceptors (Lipinski definition) is 6. The topological polar surface area (TPSA) is 196 Å². The van der Waals surface area contributed by atoms with Crippen molar-refractivity contribution in [2.45, 2.75) is 43.8 Å². The van der Waals surface area contributed by atoms with Crippen molar-refractivity contribution >= 4 is 29.7 Å². The van der Waals surface area contributed by atoms with Crippen LogP contribution in [0.25, 0.3) is 0 Å². The number of carboxylic acids is 3. The first-order chi connectivity index (χ1) is 13.6. The predicted molar refractivity (Wildman–Crippen MR) is 98.7 cm³/mol. The van der Waals surface area contributed by atoms with E-state index >= 15 is 0 Å². The van der Waals surface area contributed by atoms with Gasteiger partial charge in [-0.05, 0) is 12.0 Å². The lowest BCUT2D eigenvalue weighted by molar-refractivity contribution is -0.143. The standard InChI is InChI=1S/C18H23N3O8/c19-11(9-15(24)25)16(26)21-13(8-10-4-2-1-3-5-10)17(27)20-12(18(28)29)6-7-14(22)23/h1-5,11-13H,6-9,19H2,(H,20,27)(H,21,26)(H,22,23)(H,24,25)(H,28,29). The Morgan fingerprint density at radius 1 is 0.862 bits per heavy atom. The van der Waals surface area contributed by atoms with Crippen LogP contribution < -0.4 is 16.4 Å². The second kappa shape index (κ2) is 11.4. The van der Waals surface area contributed by atoms with Crippen LogP contribution in [0.1, 0.15) is 24.8 Å². The maximum absolute atomic E-state index is 12.6. The zero-order valence-electron chi connectivity index (χ0n) is 15.4. The van der Waals surface area contributed by atoms with Gasteiger partial charge in [-0.3, -0.25) is 19.2 Å². The summed E-state index contributed by atoms with van der Waals surface area (Å²) in [6.07, 6.45) is -1.48. The number of benzene rings is 1. The molecule has 0 saturated heterocycles. The summed E-state index contributed by atoms with van der Waals surface area (Å²) in [6, 6.07) is 4.40. The van der Waals surface area contributed by atoms with E-state index < -0.39 is 60.7 Å². The Kier molecular flexibility index (Phi) is 9.26. The molecule has 0 aliphatic rings. The van der Waals surface area contributed by atoms with Crippen LogP contribution in [0.2, 0.25) is 0 Å². The maximum Gasteiger partial charge on any atom is 0.326 e. The molecule has 0 fully saturated rings. The Bertz CT molecular complexity index is 753. The second-order valence-corrected chi connectivity index (χ2v) is 6.29. The number of nitrogens with one attached hydrogen (secondary N) is 2. The fraction of sp³-hybridized carbons (Fsp3) is 0.389. The molecule has 1 rings (SSSR count). The van der Waals surface area contributed by atoms with Gasteiger partial charge in [0.15, 0.2) is 0 Å². The number of rotatable bonds is 12. The van der Waals surface area contributed by atoms with Gasteiger partial charge in [0.1, 0.15) is 12.1 Å². The van der Waals surface area contributed by atoms with E-state index in [-0.39, 0.29) is 12.8 Å². The lowest BCUT2D eigenvalue weighted by Crippen LogP contribution is -2.55. The molecule has 1 aromatic rings. The minimum absolute atomic E-state index is 0.0104. The van der Waals surface area contributed by atoms with Crippen molar-refractivity contribution in [1.82, 2.24) is 10.6 Å². The van der Waals surface area contributed by atoms with Gasteiger partial charge in [-0.1, -0.05) is 30.3 Å². The SMILES string of the molecule is NC(CC(=O)O)C(=O)NC(Cc1ccccc1)C(=O)NC(CCC(=O)O)C(=O)O. The van der Waals surface area contributed by atoms with Crippen LogP contribution in [0, 0.1) is 0 Å². The van der Waals surface area contributed by atoms with Crippen molar-refractivity contribution in [2.24, 2.45) is 5.73 Å². The number of carbonyl (C=O) groups is 5. The van der Waals surface area contributed by atoms with Crippen LogP contribution in [-0.4, -0.2) is 63.2 Å². The van der Waals surface area contributed by atoms with E-state index in [9.17, 15) is 29.1 Å². The Hall–Kier alpha value is -3.47. The van der Waals surface area contributed by atoms with Gasteiger partial charge in [0.2, 0.25) is 11.8 Å². The van der Waals surface area contributed by atoms with E-state index in [0.717, 1.165) is 0 Å². The zero-order valence-corrected chi connectivity index (χ0v) is 15.4. The van der Waals surface area contributed by atoms with Gasteiger partial charge < -0.3 is 31.7 Å². The minimum atomic E-state index is -1.47. The zero-order chi connectivity index (χ0) is 22.0. The lowest BCUT2D eigenvalue weighted by Gasteiger charge is -2.22. The molecule has 0 aliphatic heterocycles. The Labute approximate surface area is 165 Å². The summed E-state index contributed by atoms with van der Waals surface area (Å²) in [5.74, 6) is -5.69. The highest BCUT2D eigenvalue weighted by molar-refractivity contribution is 5.93. The van der Waals surface area contributed by atoms with Crippen LogP contribution in [0.3, 0.4) is 0 Å². The molecule has 158 valence electrons.